The molecule has 27 heavy (non-hydrogen) atoms. The minimum atomic E-state index is -0.341. The highest BCUT2D eigenvalue weighted by Gasteiger charge is 2.11. The van der Waals surface area contributed by atoms with Crippen LogP contribution in [0.2, 0.25) is 0 Å². The Morgan fingerprint density at radius 1 is 1.11 bits per heavy atom. The van der Waals surface area contributed by atoms with Gasteiger partial charge < -0.3 is 14.2 Å². The van der Waals surface area contributed by atoms with E-state index < -0.39 is 0 Å². The number of nitrogens with one attached hydrogen (secondary N) is 1. The number of carbonyl (C=O) groups excluding carboxylic acids is 1. The van der Waals surface area contributed by atoms with Gasteiger partial charge in [-0.3, -0.25) is 4.79 Å². The molecule has 0 saturated carbocycles. The van der Waals surface area contributed by atoms with E-state index in [2.05, 4.69) is 24.4 Å². The first-order valence-electron chi connectivity index (χ1n) is 8.85. The maximum atomic E-state index is 12.0. The van der Waals surface area contributed by atoms with Crippen LogP contribution in [-0.2, 0) is 4.79 Å². The average molecular weight is 370 g/mol. The van der Waals surface area contributed by atoms with E-state index in [1.165, 1.54) is 6.21 Å². The Kier molecular flexibility index (Phi) is 7.67. The first-order valence-corrected chi connectivity index (χ1v) is 8.85. The SMILES string of the molecule is CCC(C)c1ccccc1OCC(=O)N/N=C/c1cccc(OC)c1OC. The van der Waals surface area contributed by atoms with Crippen molar-refractivity contribution in [1.82, 2.24) is 5.43 Å². The van der Waals surface area contributed by atoms with E-state index in [9.17, 15) is 4.79 Å². The second kappa shape index (κ2) is 10.2. The van der Waals surface area contributed by atoms with Crippen LogP contribution >= 0.6 is 0 Å². The molecule has 0 saturated heterocycles. The third-order valence-electron chi connectivity index (χ3n) is 4.25. The number of para-hydroxylation sites is 2. The molecule has 2 rings (SSSR count). The molecule has 1 N–H and O–H groups in total. The molecule has 0 fully saturated rings. The lowest BCUT2D eigenvalue weighted by molar-refractivity contribution is -0.123. The van der Waals surface area contributed by atoms with E-state index >= 15 is 0 Å². The fourth-order valence-electron chi connectivity index (χ4n) is 2.60. The molecule has 2 aromatic rings. The molecule has 6 heteroatoms. The molecule has 0 aliphatic rings. The zero-order valence-corrected chi connectivity index (χ0v) is 16.2. The molecule has 1 unspecified atom stereocenters. The van der Waals surface area contributed by atoms with E-state index in [0.29, 0.717) is 23.0 Å². The fraction of sp³-hybridized carbons (Fsp3) is 0.333. The number of benzene rings is 2. The first kappa shape index (κ1) is 20.3. The van der Waals surface area contributed by atoms with Gasteiger partial charge in [0.1, 0.15) is 5.75 Å². The summed E-state index contributed by atoms with van der Waals surface area (Å²) >= 11 is 0. The number of carbonyl (C=O) groups is 1. The lowest BCUT2D eigenvalue weighted by Gasteiger charge is -2.15. The van der Waals surface area contributed by atoms with Crippen molar-refractivity contribution in [2.75, 3.05) is 20.8 Å². The van der Waals surface area contributed by atoms with Crippen molar-refractivity contribution in [2.45, 2.75) is 26.2 Å². The van der Waals surface area contributed by atoms with Crippen molar-refractivity contribution >= 4 is 12.1 Å². The van der Waals surface area contributed by atoms with Gasteiger partial charge in [0.25, 0.3) is 5.91 Å². The topological polar surface area (TPSA) is 69.2 Å². The molecule has 144 valence electrons. The molecule has 0 aliphatic carbocycles. The zero-order valence-electron chi connectivity index (χ0n) is 16.2. The van der Waals surface area contributed by atoms with Crippen LogP contribution in [0.3, 0.4) is 0 Å². The first-order chi connectivity index (χ1) is 13.1. The quantitative estimate of drug-likeness (QED) is 0.539. The van der Waals surface area contributed by atoms with E-state index in [-0.39, 0.29) is 12.5 Å². The summed E-state index contributed by atoms with van der Waals surface area (Å²) in [5.74, 6) is 1.89. The van der Waals surface area contributed by atoms with Crippen molar-refractivity contribution in [3.8, 4) is 17.2 Å². The van der Waals surface area contributed by atoms with Gasteiger partial charge >= 0.3 is 0 Å². The van der Waals surface area contributed by atoms with Crippen molar-refractivity contribution in [1.29, 1.82) is 0 Å². The summed E-state index contributed by atoms with van der Waals surface area (Å²) in [6.45, 7) is 4.14. The van der Waals surface area contributed by atoms with E-state index in [1.807, 2.05) is 36.4 Å². The third-order valence-corrected chi connectivity index (χ3v) is 4.25. The monoisotopic (exact) mass is 370 g/mol. The number of rotatable bonds is 9. The van der Waals surface area contributed by atoms with Gasteiger partial charge in [-0.15, -0.1) is 0 Å². The third kappa shape index (κ3) is 5.48. The van der Waals surface area contributed by atoms with Gasteiger partial charge in [-0.05, 0) is 36.1 Å². The Morgan fingerprint density at radius 2 is 1.85 bits per heavy atom. The van der Waals surface area contributed by atoms with Crippen molar-refractivity contribution in [3.63, 3.8) is 0 Å². The Balaban J connectivity index is 1.95. The van der Waals surface area contributed by atoms with Gasteiger partial charge in [-0.1, -0.05) is 38.1 Å². The van der Waals surface area contributed by atoms with Crippen LogP contribution < -0.4 is 19.6 Å². The Hall–Kier alpha value is -3.02. The summed E-state index contributed by atoms with van der Waals surface area (Å²) in [7, 11) is 3.12. The lowest BCUT2D eigenvalue weighted by atomic mass is 9.98. The highest BCUT2D eigenvalue weighted by Crippen LogP contribution is 2.29. The molecule has 0 bridgehead atoms. The minimum Gasteiger partial charge on any atom is -0.493 e. The number of hydrogen-bond donors (Lipinski definition) is 1. The number of nitrogens with zero attached hydrogens (tertiary/aromatic N) is 1. The van der Waals surface area contributed by atoms with Gasteiger partial charge in [0.2, 0.25) is 0 Å². The smallest absolute Gasteiger partial charge is 0.277 e. The number of hydrogen-bond acceptors (Lipinski definition) is 5. The molecule has 1 atom stereocenters. The highest BCUT2D eigenvalue weighted by molar-refractivity contribution is 5.86. The molecule has 0 radical (unpaired) electrons. The van der Waals surface area contributed by atoms with Crippen LogP contribution in [0, 0.1) is 0 Å². The summed E-state index contributed by atoms with van der Waals surface area (Å²) in [4.78, 5) is 12.0. The number of ether oxygens (including phenoxy) is 3. The van der Waals surface area contributed by atoms with Crippen molar-refractivity contribution in [2.24, 2.45) is 5.10 Å². The summed E-state index contributed by atoms with van der Waals surface area (Å²) in [5, 5.41) is 3.97. The van der Waals surface area contributed by atoms with Crippen molar-refractivity contribution in [3.05, 3.63) is 53.6 Å². The molecule has 1 amide bonds. The summed E-state index contributed by atoms with van der Waals surface area (Å²) in [6, 6.07) is 13.2. The Morgan fingerprint density at radius 3 is 2.56 bits per heavy atom. The van der Waals surface area contributed by atoms with Crippen LogP contribution in [0.15, 0.2) is 47.6 Å². The van der Waals surface area contributed by atoms with Crippen LogP contribution in [0.5, 0.6) is 17.2 Å². The zero-order chi connectivity index (χ0) is 19.6. The molecule has 0 heterocycles. The van der Waals surface area contributed by atoms with E-state index in [4.69, 9.17) is 14.2 Å². The Bertz CT molecular complexity index is 790. The maximum Gasteiger partial charge on any atom is 0.277 e. The summed E-state index contributed by atoms with van der Waals surface area (Å²) in [6.07, 6.45) is 2.51. The number of methoxy groups -OCH3 is 2. The van der Waals surface area contributed by atoms with Gasteiger partial charge in [-0.2, -0.15) is 5.10 Å². The molecule has 0 aliphatic heterocycles. The van der Waals surface area contributed by atoms with Crippen LogP contribution in [0.25, 0.3) is 0 Å². The predicted molar refractivity (Wildman–Crippen MR) is 106 cm³/mol. The molecular formula is C21H26N2O4. The van der Waals surface area contributed by atoms with Crippen LogP contribution in [-0.4, -0.2) is 32.9 Å². The van der Waals surface area contributed by atoms with Crippen molar-refractivity contribution < 1.29 is 19.0 Å². The number of hydrazone groups is 1. The largest absolute Gasteiger partial charge is 0.493 e. The Labute approximate surface area is 160 Å². The van der Waals surface area contributed by atoms with Gasteiger partial charge in [-0.25, -0.2) is 5.43 Å². The predicted octanol–water partition coefficient (Wildman–Crippen LogP) is 3.75. The van der Waals surface area contributed by atoms with Crippen LogP contribution in [0.1, 0.15) is 37.3 Å². The average Bonchev–Trinajstić information content (AvgIpc) is 2.71. The molecule has 6 nitrogen and oxygen atoms in total. The second-order valence-electron chi connectivity index (χ2n) is 6.01. The summed E-state index contributed by atoms with van der Waals surface area (Å²) < 4.78 is 16.2. The van der Waals surface area contributed by atoms with Gasteiger partial charge in [0.05, 0.1) is 20.4 Å². The normalized spacial score (nSPS) is 11.9. The van der Waals surface area contributed by atoms with Gasteiger partial charge in [0, 0.05) is 5.56 Å². The standard InChI is InChI=1S/C21H26N2O4/c1-5-15(2)17-10-6-7-11-18(17)27-14-20(24)23-22-13-16-9-8-12-19(25-3)21(16)26-4/h6-13,15H,5,14H2,1-4H3,(H,23,24)/b22-13+. The fourth-order valence-corrected chi connectivity index (χ4v) is 2.60. The van der Waals surface area contributed by atoms with E-state index in [0.717, 1.165) is 17.7 Å². The number of amides is 1. The van der Waals surface area contributed by atoms with E-state index in [1.54, 1.807) is 20.3 Å². The summed E-state index contributed by atoms with van der Waals surface area (Å²) in [5.41, 5.74) is 4.25. The minimum absolute atomic E-state index is 0.111. The van der Waals surface area contributed by atoms with Crippen LogP contribution in [0.4, 0.5) is 0 Å². The van der Waals surface area contributed by atoms with Gasteiger partial charge in [0.15, 0.2) is 18.1 Å². The lowest BCUT2D eigenvalue weighted by Crippen LogP contribution is -2.25. The molecular weight excluding hydrogens is 344 g/mol. The molecule has 0 aromatic heterocycles. The maximum absolute atomic E-state index is 12.0. The molecule has 2 aromatic carbocycles. The highest BCUT2D eigenvalue weighted by atomic mass is 16.5. The molecule has 0 spiro atoms. The second-order valence-corrected chi connectivity index (χ2v) is 6.01.